The first-order chi connectivity index (χ1) is 14.1. The highest BCUT2D eigenvalue weighted by Crippen LogP contribution is 2.25. The topological polar surface area (TPSA) is 47.7 Å². The number of aromatic nitrogens is 1. The fraction of sp³-hybridized carbons (Fsp3) is 0.375. The third kappa shape index (κ3) is 4.80. The second-order valence-corrected chi connectivity index (χ2v) is 7.66. The van der Waals surface area contributed by atoms with E-state index >= 15 is 0 Å². The lowest BCUT2D eigenvalue weighted by Gasteiger charge is -2.31. The number of aryl methyl sites for hydroxylation is 2. The van der Waals surface area contributed by atoms with Crippen molar-refractivity contribution in [2.24, 2.45) is 0 Å². The summed E-state index contributed by atoms with van der Waals surface area (Å²) in [4.78, 5) is 7.20. The summed E-state index contributed by atoms with van der Waals surface area (Å²) in [6.07, 6.45) is 2.27. The minimum absolute atomic E-state index is 0.251. The minimum atomic E-state index is 0.251. The summed E-state index contributed by atoms with van der Waals surface area (Å²) in [5, 5.41) is 0. The van der Waals surface area contributed by atoms with Gasteiger partial charge in [-0.1, -0.05) is 17.7 Å². The zero-order valence-corrected chi connectivity index (χ0v) is 17.4. The standard InChI is InChI=1S/C24H28N2O3/c1-17-5-4-6-19(15-17)24-25-23(18(2)28-24)16-26-13-11-22(12-14-26)29-21-9-7-20(27-3)8-10-21/h4-10,15,22H,11-14,16H2,1-3H3. The van der Waals surface area contributed by atoms with Crippen molar-refractivity contribution in [3.8, 4) is 23.0 Å². The Morgan fingerprint density at radius 2 is 1.76 bits per heavy atom. The number of nitrogens with zero attached hydrogens (tertiary/aromatic N) is 2. The SMILES string of the molecule is COc1ccc(OC2CCN(Cc3nc(-c4cccc(C)c4)oc3C)CC2)cc1. The third-order valence-electron chi connectivity index (χ3n) is 5.43. The molecule has 3 aromatic rings. The number of ether oxygens (including phenoxy) is 2. The first kappa shape index (κ1) is 19.5. The third-order valence-corrected chi connectivity index (χ3v) is 5.43. The van der Waals surface area contributed by atoms with Gasteiger partial charge in [0.05, 0.1) is 12.8 Å². The summed E-state index contributed by atoms with van der Waals surface area (Å²) in [5.74, 6) is 3.36. The Hall–Kier alpha value is -2.79. The molecule has 4 rings (SSSR count). The Kier molecular flexibility index (Phi) is 5.86. The summed E-state index contributed by atoms with van der Waals surface area (Å²) in [6, 6.07) is 16.1. The first-order valence-electron chi connectivity index (χ1n) is 10.2. The number of methoxy groups -OCH3 is 1. The van der Waals surface area contributed by atoms with E-state index in [1.165, 1.54) is 5.56 Å². The van der Waals surface area contributed by atoms with Crippen LogP contribution in [0.5, 0.6) is 11.5 Å². The van der Waals surface area contributed by atoms with Crippen LogP contribution in [-0.4, -0.2) is 36.2 Å². The monoisotopic (exact) mass is 392 g/mol. The number of hydrogen-bond acceptors (Lipinski definition) is 5. The van der Waals surface area contributed by atoms with Gasteiger partial charge < -0.3 is 13.9 Å². The predicted octanol–water partition coefficient (Wildman–Crippen LogP) is 5.01. The highest BCUT2D eigenvalue weighted by molar-refractivity contribution is 5.54. The minimum Gasteiger partial charge on any atom is -0.497 e. The van der Waals surface area contributed by atoms with Gasteiger partial charge in [-0.05, 0) is 63.1 Å². The average molecular weight is 392 g/mol. The molecule has 0 saturated carbocycles. The normalized spacial score (nSPS) is 15.4. The molecular weight excluding hydrogens is 364 g/mol. The number of benzene rings is 2. The summed E-state index contributed by atoms with van der Waals surface area (Å²) >= 11 is 0. The molecule has 1 fully saturated rings. The van der Waals surface area contributed by atoms with E-state index in [1.807, 2.05) is 43.3 Å². The van der Waals surface area contributed by atoms with Gasteiger partial charge in [-0.3, -0.25) is 4.90 Å². The van der Waals surface area contributed by atoms with E-state index in [-0.39, 0.29) is 6.10 Å². The van der Waals surface area contributed by atoms with Crippen LogP contribution in [0.3, 0.4) is 0 Å². The average Bonchev–Trinajstić information content (AvgIpc) is 3.10. The number of oxazole rings is 1. The molecule has 0 amide bonds. The zero-order valence-electron chi connectivity index (χ0n) is 17.4. The van der Waals surface area contributed by atoms with E-state index in [0.717, 1.165) is 61.0 Å². The van der Waals surface area contributed by atoms with Gasteiger partial charge in [0.2, 0.25) is 5.89 Å². The van der Waals surface area contributed by atoms with Crippen LogP contribution >= 0.6 is 0 Å². The molecule has 1 aliphatic heterocycles. The van der Waals surface area contributed by atoms with Gasteiger partial charge in [-0.25, -0.2) is 4.98 Å². The number of piperidine rings is 1. The largest absolute Gasteiger partial charge is 0.497 e. The van der Waals surface area contributed by atoms with Crippen LogP contribution in [0.25, 0.3) is 11.5 Å². The lowest BCUT2D eigenvalue weighted by Crippen LogP contribution is -2.38. The summed E-state index contributed by atoms with van der Waals surface area (Å²) in [6.45, 7) is 6.88. The van der Waals surface area contributed by atoms with Gasteiger partial charge in [-0.15, -0.1) is 0 Å². The van der Waals surface area contributed by atoms with Crippen molar-refractivity contribution in [1.82, 2.24) is 9.88 Å². The fourth-order valence-electron chi connectivity index (χ4n) is 3.72. The van der Waals surface area contributed by atoms with Crippen molar-refractivity contribution in [1.29, 1.82) is 0 Å². The first-order valence-corrected chi connectivity index (χ1v) is 10.2. The summed E-state index contributed by atoms with van der Waals surface area (Å²) in [5.41, 5.74) is 3.26. The second kappa shape index (κ2) is 8.70. The molecule has 0 unspecified atom stereocenters. The van der Waals surface area contributed by atoms with Crippen LogP contribution in [0.1, 0.15) is 29.9 Å². The van der Waals surface area contributed by atoms with E-state index in [2.05, 4.69) is 24.0 Å². The fourth-order valence-corrected chi connectivity index (χ4v) is 3.72. The maximum absolute atomic E-state index is 6.13. The van der Waals surface area contributed by atoms with E-state index in [4.69, 9.17) is 18.9 Å². The predicted molar refractivity (Wildman–Crippen MR) is 113 cm³/mol. The van der Waals surface area contributed by atoms with E-state index in [0.29, 0.717) is 5.89 Å². The smallest absolute Gasteiger partial charge is 0.226 e. The Labute approximate surface area is 172 Å². The highest BCUT2D eigenvalue weighted by atomic mass is 16.5. The van der Waals surface area contributed by atoms with Crippen molar-refractivity contribution < 1.29 is 13.9 Å². The van der Waals surface area contributed by atoms with Gasteiger partial charge in [0.1, 0.15) is 23.4 Å². The Morgan fingerprint density at radius 1 is 1.03 bits per heavy atom. The number of rotatable bonds is 6. The molecule has 5 heteroatoms. The number of hydrogen-bond donors (Lipinski definition) is 0. The molecule has 0 N–H and O–H groups in total. The Morgan fingerprint density at radius 3 is 2.45 bits per heavy atom. The van der Waals surface area contributed by atoms with Crippen LogP contribution in [0.2, 0.25) is 0 Å². The molecule has 0 spiro atoms. The van der Waals surface area contributed by atoms with Crippen LogP contribution in [0, 0.1) is 13.8 Å². The molecule has 29 heavy (non-hydrogen) atoms. The molecule has 1 saturated heterocycles. The van der Waals surface area contributed by atoms with E-state index < -0.39 is 0 Å². The van der Waals surface area contributed by atoms with E-state index in [1.54, 1.807) is 7.11 Å². The zero-order chi connectivity index (χ0) is 20.2. The van der Waals surface area contributed by atoms with E-state index in [9.17, 15) is 0 Å². The maximum atomic E-state index is 6.13. The van der Waals surface area contributed by atoms with Crippen molar-refractivity contribution in [3.05, 3.63) is 65.5 Å². The Bertz CT molecular complexity index is 941. The summed E-state index contributed by atoms with van der Waals surface area (Å²) in [7, 11) is 1.67. The molecule has 5 nitrogen and oxygen atoms in total. The van der Waals surface area contributed by atoms with Gasteiger partial charge in [0, 0.05) is 25.2 Å². The van der Waals surface area contributed by atoms with Gasteiger partial charge >= 0.3 is 0 Å². The molecule has 1 aromatic heterocycles. The molecular formula is C24H28N2O3. The van der Waals surface area contributed by atoms with Crippen LogP contribution in [0.4, 0.5) is 0 Å². The molecule has 0 bridgehead atoms. The summed E-state index contributed by atoms with van der Waals surface area (Å²) < 4.78 is 17.3. The van der Waals surface area contributed by atoms with Crippen molar-refractivity contribution in [3.63, 3.8) is 0 Å². The molecule has 0 aliphatic carbocycles. The molecule has 1 aliphatic rings. The van der Waals surface area contributed by atoms with Gasteiger partial charge in [0.15, 0.2) is 0 Å². The lowest BCUT2D eigenvalue weighted by atomic mass is 10.1. The molecule has 152 valence electrons. The highest BCUT2D eigenvalue weighted by Gasteiger charge is 2.22. The van der Waals surface area contributed by atoms with Crippen molar-refractivity contribution in [2.45, 2.75) is 39.3 Å². The molecule has 2 heterocycles. The number of likely N-dealkylation sites (tertiary alicyclic amines) is 1. The Balaban J connectivity index is 1.32. The van der Waals surface area contributed by atoms with Gasteiger partial charge in [-0.2, -0.15) is 0 Å². The van der Waals surface area contributed by atoms with Gasteiger partial charge in [0.25, 0.3) is 0 Å². The molecule has 0 atom stereocenters. The quantitative estimate of drug-likeness (QED) is 0.590. The van der Waals surface area contributed by atoms with Crippen LogP contribution in [-0.2, 0) is 6.54 Å². The molecule has 2 aromatic carbocycles. The second-order valence-electron chi connectivity index (χ2n) is 7.66. The maximum Gasteiger partial charge on any atom is 0.226 e. The van der Waals surface area contributed by atoms with Crippen LogP contribution < -0.4 is 9.47 Å². The van der Waals surface area contributed by atoms with Crippen molar-refractivity contribution >= 4 is 0 Å². The van der Waals surface area contributed by atoms with Crippen LogP contribution in [0.15, 0.2) is 52.9 Å². The molecule has 0 radical (unpaired) electrons. The lowest BCUT2D eigenvalue weighted by molar-refractivity contribution is 0.0959. The van der Waals surface area contributed by atoms with Crippen molar-refractivity contribution in [2.75, 3.05) is 20.2 Å².